The second-order valence-corrected chi connectivity index (χ2v) is 5.69. The maximum absolute atomic E-state index is 11.8. The summed E-state index contributed by atoms with van der Waals surface area (Å²) in [5, 5.41) is 20.1. The van der Waals surface area contributed by atoms with Crippen molar-refractivity contribution >= 4 is 29.3 Å². The number of carbonyl (C=O) groups excluding carboxylic acids is 1. The molecule has 26 heavy (non-hydrogen) atoms. The fraction of sp³-hybridized carbons (Fsp3) is 0.222. The number of esters is 1. The average Bonchev–Trinajstić information content (AvgIpc) is 3.08. The Hall–Kier alpha value is -3.11. The van der Waals surface area contributed by atoms with Crippen LogP contribution in [0.3, 0.4) is 0 Å². The van der Waals surface area contributed by atoms with Gasteiger partial charge >= 0.3 is 5.97 Å². The van der Waals surface area contributed by atoms with Crippen molar-refractivity contribution in [1.29, 1.82) is 5.26 Å². The number of carbonyl (C=O) groups is 1. The van der Waals surface area contributed by atoms with E-state index in [0.29, 0.717) is 17.7 Å². The van der Waals surface area contributed by atoms with E-state index >= 15 is 0 Å². The first-order chi connectivity index (χ1) is 12.5. The maximum Gasteiger partial charge on any atom is 0.349 e. The summed E-state index contributed by atoms with van der Waals surface area (Å²) in [5.74, 6) is -0.129. The Balaban J connectivity index is 2.24. The van der Waals surface area contributed by atoms with E-state index in [2.05, 4.69) is 0 Å². The molecule has 0 N–H and O–H groups in total. The molecule has 2 rings (SSSR count). The summed E-state index contributed by atoms with van der Waals surface area (Å²) in [4.78, 5) is 22.2. The summed E-state index contributed by atoms with van der Waals surface area (Å²) in [5.41, 5.74) is 0.0174. The van der Waals surface area contributed by atoms with Crippen LogP contribution in [-0.2, 0) is 9.53 Å². The van der Waals surface area contributed by atoms with Gasteiger partial charge in [0, 0.05) is 17.7 Å². The molecule has 2 aromatic rings. The highest BCUT2D eigenvalue weighted by atomic mass is 35.5. The molecule has 0 aliphatic rings. The van der Waals surface area contributed by atoms with Gasteiger partial charge in [-0.1, -0.05) is 24.9 Å². The zero-order valence-electron chi connectivity index (χ0n) is 13.9. The number of benzene rings is 1. The molecule has 0 aliphatic heterocycles. The number of nitro groups is 1. The highest BCUT2D eigenvalue weighted by Gasteiger charge is 2.16. The van der Waals surface area contributed by atoms with Gasteiger partial charge in [-0.15, -0.1) is 0 Å². The molecule has 0 aliphatic carbocycles. The van der Waals surface area contributed by atoms with Crippen molar-refractivity contribution in [1.82, 2.24) is 0 Å². The number of halogens is 1. The van der Waals surface area contributed by atoms with Gasteiger partial charge in [0.15, 0.2) is 0 Å². The van der Waals surface area contributed by atoms with Crippen LogP contribution < -0.4 is 0 Å². The summed E-state index contributed by atoms with van der Waals surface area (Å²) >= 11 is 5.79. The molecule has 0 atom stereocenters. The molecule has 1 aromatic heterocycles. The molecule has 0 unspecified atom stereocenters. The number of hydrogen-bond donors (Lipinski definition) is 0. The fourth-order valence-electron chi connectivity index (χ4n) is 2.06. The van der Waals surface area contributed by atoms with Crippen molar-refractivity contribution in [2.24, 2.45) is 0 Å². The van der Waals surface area contributed by atoms with Crippen molar-refractivity contribution in [3.8, 4) is 17.4 Å². The first-order valence-electron chi connectivity index (χ1n) is 7.79. The minimum absolute atomic E-state index is 0.0204. The van der Waals surface area contributed by atoms with Gasteiger partial charge in [0.1, 0.15) is 28.2 Å². The van der Waals surface area contributed by atoms with E-state index in [-0.39, 0.29) is 28.7 Å². The summed E-state index contributed by atoms with van der Waals surface area (Å²) in [6.07, 6.45) is 2.85. The highest BCUT2D eigenvalue weighted by Crippen LogP contribution is 2.31. The molecule has 0 spiro atoms. The van der Waals surface area contributed by atoms with Crippen LogP contribution in [0.25, 0.3) is 17.4 Å². The van der Waals surface area contributed by atoms with Crippen LogP contribution in [0.2, 0.25) is 5.02 Å². The lowest BCUT2D eigenvalue weighted by atomic mass is 10.1. The third kappa shape index (κ3) is 4.71. The van der Waals surface area contributed by atoms with Crippen LogP contribution in [0.5, 0.6) is 0 Å². The second-order valence-electron chi connectivity index (χ2n) is 5.28. The number of nitrogens with zero attached hydrogens (tertiary/aromatic N) is 2. The van der Waals surface area contributed by atoms with Gasteiger partial charge in [0.05, 0.1) is 11.5 Å². The summed E-state index contributed by atoms with van der Waals surface area (Å²) in [6.45, 7) is 2.20. The van der Waals surface area contributed by atoms with E-state index in [1.54, 1.807) is 24.3 Å². The molecule has 0 saturated carbocycles. The number of unbranched alkanes of at least 4 members (excludes halogenated alkanes) is 1. The minimum atomic E-state index is -0.721. The zero-order valence-corrected chi connectivity index (χ0v) is 14.7. The maximum atomic E-state index is 11.8. The third-order valence-corrected chi connectivity index (χ3v) is 3.73. The SMILES string of the molecule is CCCCOC(=O)/C(C#N)=C/c1ccc(-c2ccc(Cl)c([N+](=O)[O-])c2)o1. The van der Waals surface area contributed by atoms with Crippen LogP contribution in [0.1, 0.15) is 25.5 Å². The Morgan fingerprint density at radius 1 is 1.42 bits per heavy atom. The monoisotopic (exact) mass is 374 g/mol. The van der Waals surface area contributed by atoms with Crippen molar-refractivity contribution < 1.29 is 18.9 Å². The predicted molar refractivity (Wildman–Crippen MR) is 95.3 cm³/mol. The van der Waals surface area contributed by atoms with E-state index in [9.17, 15) is 14.9 Å². The fourth-order valence-corrected chi connectivity index (χ4v) is 2.24. The number of nitriles is 1. The number of hydrogen-bond acceptors (Lipinski definition) is 6. The largest absolute Gasteiger partial charge is 0.462 e. The number of ether oxygens (including phenoxy) is 1. The Kier molecular flexibility index (Phi) is 6.53. The van der Waals surface area contributed by atoms with Gasteiger partial charge in [0.2, 0.25) is 0 Å². The van der Waals surface area contributed by atoms with Crippen LogP contribution in [0, 0.1) is 21.4 Å². The van der Waals surface area contributed by atoms with Crippen LogP contribution in [-0.4, -0.2) is 17.5 Å². The first kappa shape index (κ1) is 19.2. The molecule has 0 amide bonds. The summed E-state index contributed by atoms with van der Waals surface area (Å²) in [6, 6.07) is 9.17. The molecule has 1 heterocycles. The lowest BCUT2D eigenvalue weighted by Gasteiger charge is -2.01. The normalized spacial score (nSPS) is 11.0. The molecule has 134 valence electrons. The van der Waals surface area contributed by atoms with Gasteiger partial charge in [-0.05, 0) is 30.7 Å². The van der Waals surface area contributed by atoms with Gasteiger partial charge in [-0.3, -0.25) is 10.1 Å². The molecule has 7 nitrogen and oxygen atoms in total. The second kappa shape index (κ2) is 8.83. The summed E-state index contributed by atoms with van der Waals surface area (Å²) < 4.78 is 10.5. The van der Waals surface area contributed by atoms with E-state index in [1.165, 1.54) is 18.2 Å². The molecule has 8 heteroatoms. The minimum Gasteiger partial charge on any atom is -0.462 e. The van der Waals surface area contributed by atoms with Crippen molar-refractivity contribution in [2.75, 3.05) is 6.61 Å². The molecule has 0 bridgehead atoms. The van der Waals surface area contributed by atoms with Crippen molar-refractivity contribution in [2.45, 2.75) is 19.8 Å². The first-order valence-corrected chi connectivity index (χ1v) is 8.17. The molecule has 1 aromatic carbocycles. The highest BCUT2D eigenvalue weighted by molar-refractivity contribution is 6.32. The zero-order chi connectivity index (χ0) is 19.1. The topological polar surface area (TPSA) is 106 Å². The van der Waals surface area contributed by atoms with Crippen LogP contribution >= 0.6 is 11.6 Å². The standard InChI is InChI=1S/C18H15ClN2O5/c1-2-3-8-25-18(22)13(11-20)9-14-5-7-17(26-14)12-4-6-15(19)16(10-12)21(23)24/h4-7,9-10H,2-3,8H2,1H3/b13-9+. The van der Waals surface area contributed by atoms with E-state index < -0.39 is 10.9 Å². The molecular formula is C18H15ClN2O5. The average molecular weight is 375 g/mol. The third-order valence-electron chi connectivity index (χ3n) is 3.41. The number of rotatable bonds is 7. The van der Waals surface area contributed by atoms with E-state index in [1.807, 2.05) is 6.92 Å². The predicted octanol–water partition coefficient (Wildman–Crippen LogP) is 4.76. The molecule has 0 fully saturated rings. The smallest absolute Gasteiger partial charge is 0.349 e. The van der Waals surface area contributed by atoms with Gasteiger partial charge < -0.3 is 9.15 Å². The van der Waals surface area contributed by atoms with Crippen LogP contribution in [0.15, 0.2) is 40.3 Å². The number of nitro benzene ring substituents is 1. The lowest BCUT2D eigenvalue weighted by molar-refractivity contribution is -0.384. The lowest BCUT2D eigenvalue weighted by Crippen LogP contribution is -2.07. The van der Waals surface area contributed by atoms with Crippen molar-refractivity contribution in [3.63, 3.8) is 0 Å². The van der Waals surface area contributed by atoms with Gasteiger partial charge in [-0.2, -0.15) is 5.26 Å². The number of furan rings is 1. The molecule has 0 saturated heterocycles. The Bertz CT molecular complexity index is 895. The Labute approximate surface area is 154 Å². The van der Waals surface area contributed by atoms with E-state index in [4.69, 9.17) is 26.0 Å². The van der Waals surface area contributed by atoms with Crippen molar-refractivity contribution in [3.05, 3.63) is 56.8 Å². The summed E-state index contributed by atoms with van der Waals surface area (Å²) in [7, 11) is 0. The Morgan fingerprint density at radius 3 is 2.85 bits per heavy atom. The molecule has 0 radical (unpaired) electrons. The van der Waals surface area contributed by atoms with Crippen LogP contribution in [0.4, 0.5) is 5.69 Å². The van der Waals surface area contributed by atoms with E-state index in [0.717, 1.165) is 6.42 Å². The molecular weight excluding hydrogens is 360 g/mol. The Morgan fingerprint density at radius 2 is 2.19 bits per heavy atom. The van der Waals surface area contributed by atoms with Gasteiger partial charge in [0.25, 0.3) is 5.69 Å². The van der Waals surface area contributed by atoms with Gasteiger partial charge in [-0.25, -0.2) is 4.79 Å². The quantitative estimate of drug-likeness (QED) is 0.173.